The zero-order chi connectivity index (χ0) is 20.4. The van der Waals surface area contributed by atoms with E-state index in [2.05, 4.69) is 20.8 Å². The standard InChI is InChI=1S/C21H20F2N4O2/c1-12-2-3-13(10-16(12)22)21-26-19(29-27-21)7-6-18(28)25-17-5-4-14-11-24-9-8-15(14)20(17)23/h2-5,10,24H,6-9,11H2,1H3,(H,25,28). The molecule has 0 aliphatic carbocycles. The number of hydrogen-bond donors (Lipinski definition) is 2. The van der Waals surface area contributed by atoms with Gasteiger partial charge < -0.3 is 15.2 Å². The van der Waals surface area contributed by atoms with E-state index in [0.29, 0.717) is 36.2 Å². The minimum atomic E-state index is -0.376. The molecule has 0 atom stereocenters. The lowest BCUT2D eigenvalue weighted by atomic mass is 9.99. The molecule has 2 N–H and O–H groups in total. The summed E-state index contributed by atoms with van der Waals surface area (Å²) in [6.07, 6.45) is 0.848. The molecule has 4 rings (SSSR count). The normalized spacial score (nSPS) is 13.2. The van der Waals surface area contributed by atoms with Crippen molar-refractivity contribution in [3.8, 4) is 11.4 Å². The van der Waals surface area contributed by atoms with E-state index in [1.807, 2.05) is 6.07 Å². The fourth-order valence-electron chi connectivity index (χ4n) is 3.27. The van der Waals surface area contributed by atoms with Crippen LogP contribution in [0.25, 0.3) is 11.4 Å². The average Bonchev–Trinajstić information content (AvgIpc) is 3.20. The lowest BCUT2D eigenvalue weighted by Crippen LogP contribution is -2.25. The van der Waals surface area contributed by atoms with Gasteiger partial charge in [-0.3, -0.25) is 4.79 Å². The van der Waals surface area contributed by atoms with E-state index < -0.39 is 0 Å². The van der Waals surface area contributed by atoms with Crippen LogP contribution in [0, 0.1) is 18.6 Å². The van der Waals surface area contributed by atoms with Crippen molar-refractivity contribution < 1.29 is 18.1 Å². The topological polar surface area (TPSA) is 80.0 Å². The number of anilines is 1. The van der Waals surface area contributed by atoms with Crippen LogP contribution >= 0.6 is 0 Å². The minimum absolute atomic E-state index is 0.0575. The Bertz CT molecular complexity index is 1060. The number of carbonyl (C=O) groups is 1. The Morgan fingerprint density at radius 1 is 1.28 bits per heavy atom. The summed E-state index contributed by atoms with van der Waals surface area (Å²) in [5, 5.41) is 9.63. The van der Waals surface area contributed by atoms with Gasteiger partial charge in [-0.1, -0.05) is 23.4 Å². The average molecular weight is 398 g/mol. The first-order chi connectivity index (χ1) is 14.0. The van der Waals surface area contributed by atoms with E-state index >= 15 is 0 Å². The minimum Gasteiger partial charge on any atom is -0.339 e. The number of nitrogens with zero attached hydrogens (tertiary/aromatic N) is 2. The Kier molecular flexibility index (Phi) is 5.35. The highest BCUT2D eigenvalue weighted by atomic mass is 19.1. The van der Waals surface area contributed by atoms with Crippen LogP contribution in [-0.4, -0.2) is 22.6 Å². The summed E-state index contributed by atoms with van der Waals surface area (Å²) in [7, 11) is 0. The van der Waals surface area contributed by atoms with Gasteiger partial charge in [0.05, 0.1) is 5.69 Å². The Hall–Kier alpha value is -3.13. The van der Waals surface area contributed by atoms with Gasteiger partial charge in [-0.15, -0.1) is 0 Å². The highest BCUT2D eigenvalue weighted by Gasteiger charge is 2.18. The zero-order valence-corrected chi connectivity index (χ0v) is 15.9. The maximum Gasteiger partial charge on any atom is 0.227 e. The maximum atomic E-state index is 14.6. The molecule has 29 heavy (non-hydrogen) atoms. The third-order valence-electron chi connectivity index (χ3n) is 4.95. The molecule has 150 valence electrons. The molecule has 0 saturated heterocycles. The summed E-state index contributed by atoms with van der Waals surface area (Å²) in [4.78, 5) is 16.4. The molecule has 0 saturated carbocycles. The summed E-state index contributed by atoms with van der Waals surface area (Å²) in [5.41, 5.74) is 2.76. The number of benzene rings is 2. The number of hydrogen-bond acceptors (Lipinski definition) is 5. The number of amides is 1. The molecule has 0 radical (unpaired) electrons. The maximum absolute atomic E-state index is 14.6. The van der Waals surface area contributed by atoms with Crippen LogP contribution in [0.3, 0.4) is 0 Å². The summed E-state index contributed by atoms with van der Waals surface area (Å²) in [6.45, 7) is 3.01. The smallest absolute Gasteiger partial charge is 0.227 e. The van der Waals surface area contributed by atoms with Crippen molar-refractivity contribution >= 4 is 11.6 Å². The Balaban J connectivity index is 1.38. The van der Waals surface area contributed by atoms with E-state index in [1.54, 1.807) is 25.1 Å². The fourth-order valence-corrected chi connectivity index (χ4v) is 3.27. The monoisotopic (exact) mass is 398 g/mol. The molecule has 0 bridgehead atoms. The first-order valence-electron chi connectivity index (χ1n) is 9.41. The third-order valence-corrected chi connectivity index (χ3v) is 4.95. The van der Waals surface area contributed by atoms with Crippen LogP contribution < -0.4 is 10.6 Å². The first kappa shape index (κ1) is 19.2. The molecule has 8 heteroatoms. The number of aromatic nitrogens is 2. The number of rotatable bonds is 5. The SMILES string of the molecule is Cc1ccc(-c2noc(CCC(=O)Nc3ccc4c(c3F)CCNC4)n2)cc1F. The van der Waals surface area contributed by atoms with Gasteiger partial charge in [-0.05, 0) is 48.7 Å². The number of halogens is 2. The molecular weight excluding hydrogens is 378 g/mol. The molecular formula is C21H20F2N4O2. The molecule has 0 unspecified atom stereocenters. The Labute approximate surface area is 166 Å². The van der Waals surface area contributed by atoms with E-state index in [4.69, 9.17) is 4.52 Å². The fraction of sp³-hybridized carbons (Fsp3) is 0.286. The van der Waals surface area contributed by atoms with Crippen molar-refractivity contribution in [1.29, 1.82) is 0 Å². The Morgan fingerprint density at radius 2 is 2.14 bits per heavy atom. The van der Waals surface area contributed by atoms with Gasteiger partial charge in [-0.2, -0.15) is 4.98 Å². The van der Waals surface area contributed by atoms with Crippen LogP contribution in [0.5, 0.6) is 0 Å². The van der Waals surface area contributed by atoms with Crippen molar-refractivity contribution in [2.75, 3.05) is 11.9 Å². The van der Waals surface area contributed by atoms with E-state index in [-0.39, 0.29) is 47.8 Å². The van der Waals surface area contributed by atoms with E-state index in [9.17, 15) is 13.6 Å². The molecule has 0 spiro atoms. The predicted molar refractivity (Wildman–Crippen MR) is 103 cm³/mol. The number of aryl methyl sites for hydroxylation is 2. The van der Waals surface area contributed by atoms with Crippen molar-refractivity contribution in [2.24, 2.45) is 0 Å². The molecule has 2 aromatic carbocycles. The molecule has 6 nitrogen and oxygen atoms in total. The largest absolute Gasteiger partial charge is 0.339 e. The van der Waals surface area contributed by atoms with Crippen molar-refractivity contribution in [3.05, 3.63) is 64.5 Å². The summed E-state index contributed by atoms with van der Waals surface area (Å²) in [5.74, 6) is -0.560. The highest BCUT2D eigenvalue weighted by Crippen LogP contribution is 2.25. The summed E-state index contributed by atoms with van der Waals surface area (Å²) >= 11 is 0. The van der Waals surface area contributed by atoms with Gasteiger partial charge in [0.15, 0.2) is 0 Å². The summed E-state index contributed by atoms with van der Waals surface area (Å²) in [6, 6.07) is 8.08. The van der Waals surface area contributed by atoms with E-state index in [0.717, 1.165) is 5.56 Å². The van der Waals surface area contributed by atoms with Gasteiger partial charge in [0.1, 0.15) is 11.6 Å². The zero-order valence-electron chi connectivity index (χ0n) is 15.9. The van der Waals surface area contributed by atoms with Crippen LogP contribution in [0.2, 0.25) is 0 Å². The Morgan fingerprint density at radius 3 is 2.97 bits per heavy atom. The van der Waals surface area contributed by atoms with Crippen molar-refractivity contribution in [2.45, 2.75) is 32.7 Å². The van der Waals surface area contributed by atoms with Crippen LogP contribution in [0.1, 0.15) is 29.0 Å². The molecule has 1 aliphatic rings. The van der Waals surface area contributed by atoms with Gasteiger partial charge in [0.25, 0.3) is 0 Å². The number of carbonyl (C=O) groups excluding carboxylic acids is 1. The van der Waals surface area contributed by atoms with Crippen LogP contribution in [0.4, 0.5) is 14.5 Å². The van der Waals surface area contributed by atoms with Crippen LogP contribution in [-0.2, 0) is 24.2 Å². The molecule has 1 aromatic heterocycles. The predicted octanol–water partition coefficient (Wildman–Crippen LogP) is 3.54. The molecule has 3 aromatic rings. The lowest BCUT2D eigenvalue weighted by Gasteiger charge is -2.19. The lowest BCUT2D eigenvalue weighted by molar-refractivity contribution is -0.116. The number of fused-ring (bicyclic) bond motifs is 1. The van der Waals surface area contributed by atoms with Gasteiger partial charge in [-0.25, -0.2) is 8.78 Å². The molecule has 2 heterocycles. The van der Waals surface area contributed by atoms with Crippen molar-refractivity contribution in [1.82, 2.24) is 15.5 Å². The summed E-state index contributed by atoms with van der Waals surface area (Å²) < 4.78 is 33.5. The van der Waals surface area contributed by atoms with Crippen molar-refractivity contribution in [3.63, 3.8) is 0 Å². The van der Waals surface area contributed by atoms with E-state index in [1.165, 1.54) is 6.07 Å². The molecule has 1 aliphatic heterocycles. The van der Waals surface area contributed by atoms with Gasteiger partial charge in [0, 0.05) is 24.9 Å². The van der Waals surface area contributed by atoms with Gasteiger partial charge in [0.2, 0.25) is 17.6 Å². The second-order valence-electron chi connectivity index (χ2n) is 7.02. The quantitative estimate of drug-likeness (QED) is 0.687. The highest BCUT2D eigenvalue weighted by molar-refractivity contribution is 5.91. The van der Waals surface area contributed by atoms with Crippen LogP contribution in [0.15, 0.2) is 34.9 Å². The molecule has 0 fully saturated rings. The second-order valence-corrected chi connectivity index (χ2v) is 7.02. The van der Waals surface area contributed by atoms with Gasteiger partial charge >= 0.3 is 0 Å². The molecule has 1 amide bonds. The number of nitrogens with one attached hydrogen (secondary N) is 2. The first-order valence-corrected chi connectivity index (χ1v) is 9.41. The second kappa shape index (κ2) is 8.08. The third kappa shape index (κ3) is 4.17.